The zero-order valence-corrected chi connectivity index (χ0v) is 21.1. The second kappa shape index (κ2) is 10.8. The Morgan fingerprint density at radius 1 is 0.902 bits per heavy atom. The van der Waals surface area contributed by atoms with Gasteiger partial charge >= 0.3 is 12.1 Å². The Balaban J connectivity index is 1.84. The Morgan fingerprint density at radius 3 is 2.22 bits per heavy atom. The minimum absolute atomic E-state index is 0.00365. The van der Waals surface area contributed by atoms with Gasteiger partial charge < -0.3 is 25.6 Å². The van der Waals surface area contributed by atoms with E-state index >= 15 is 0 Å². The lowest BCUT2D eigenvalue weighted by Gasteiger charge is -2.17. The molecule has 0 bridgehead atoms. The fourth-order valence-electron chi connectivity index (χ4n) is 4.04. The first-order valence-corrected chi connectivity index (χ1v) is 11.6. The number of hydrogen-bond acceptors (Lipinski definition) is 7. The summed E-state index contributed by atoms with van der Waals surface area (Å²) in [6, 6.07) is 10.8. The van der Waals surface area contributed by atoms with Gasteiger partial charge in [-0.1, -0.05) is 11.2 Å². The third-order valence-corrected chi connectivity index (χ3v) is 5.70. The predicted octanol–water partition coefficient (Wildman–Crippen LogP) is 5.25. The van der Waals surface area contributed by atoms with Crippen LogP contribution < -0.4 is 16.0 Å². The average molecular weight is 565 g/mol. The number of alkyl halides is 3. The summed E-state index contributed by atoms with van der Waals surface area (Å²) < 4.78 is 47.4. The number of nitrogens with zero attached hydrogens (tertiary/aromatic N) is 2. The molecular weight excluding hydrogens is 547 g/mol. The van der Waals surface area contributed by atoms with Gasteiger partial charge in [0.25, 0.3) is 5.91 Å². The molecule has 3 aromatic carbocycles. The molecule has 3 amide bonds. The molecule has 11 nitrogen and oxygen atoms in total. The smallest absolute Gasteiger partial charge is 0.417 e. The number of carboxylic acid groups (broad SMARTS) is 1. The molecule has 1 aromatic heterocycles. The summed E-state index contributed by atoms with van der Waals surface area (Å²) in [5.41, 5.74) is -2.73. The summed E-state index contributed by atoms with van der Waals surface area (Å²) in [4.78, 5) is 48.0. The number of fused-ring (bicyclic) bond motifs is 1. The minimum Gasteiger partial charge on any atom is -0.478 e. The fraction of sp³-hybridized carbons (Fsp3) is 0.111. The number of rotatable bonds is 6. The third-order valence-electron chi connectivity index (χ3n) is 5.70. The van der Waals surface area contributed by atoms with Crippen molar-refractivity contribution in [2.45, 2.75) is 20.0 Å². The van der Waals surface area contributed by atoms with Gasteiger partial charge in [0.05, 0.1) is 33.8 Å². The van der Waals surface area contributed by atoms with Gasteiger partial charge in [0.15, 0.2) is 11.3 Å². The third kappa shape index (κ3) is 5.98. The van der Waals surface area contributed by atoms with Gasteiger partial charge in [-0.05, 0) is 48.0 Å². The van der Waals surface area contributed by atoms with Crippen molar-refractivity contribution in [3.63, 3.8) is 0 Å². The lowest BCUT2D eigenvalue weighted by atomic mass is 9.95. The molecule has 0 aliphatic rings. The highest BCUT2D eigenvalue weighted by Gasteiger charge is 2.35. The van der Waals surface area contributed by atoms with Crippen LogP contribution in [-0.4, -0.2) is 34.0 Å². The monoisotopic (exact) mass is 565 g/mol. The first-order valence-electron chi connectivity index (χ1n) is 11.6. The zero-order valence-electron chi connectivity index (χ0n) is 21.1. The van der Waals surface area contributed by atoms with E-state index in [0.29, 0.717) is 0 Å². The van der Waals surface area contributed by atoms with Crippen molar-refractivity contribution in [3.05, 3.63) is 70.9 Å². The summed E-state index contributed by atoms with van der Waals surface area (Å²) in [6.45, 7) is 2.28. The number of carbonyl (C=O) groups excluding carboxylic acids is 3. The summed E-state index contributed by atoms with van der Waals surface area (Å²) in [5, 5.41) is 29.3. The highest BCUT2D eigenvalue weighted by Crippen LogP contribution is 2.42. The Morgan fingerprint density at radius 2 is 1.61 bits per heavy atom. The van der Waals surface area contributed by atoms with E-state index in [-0.39, 0.29) is 56.0 Å². The Kier molecular flexibility index (Phi) is 7.46. The Hall–Kier alpha value is -5.71. The number of aromatic nitrogens is 1. The Bertz CT molecular complexity index is 1790. The van der Waals surface area contributed by atoms with E-state index in [1.165, 1.54) is 24.3 Å². The first kappa shape index (κ1) is 28.3. The maximum atomic E-state index is 14.1. The van der Waals surface area contributed by atoms with Gasteiger partial charge in [-0.25, -0.2) is 4.79 Å². The second-order valence-electron chi connectivity index (χ2n) is 8.68. The lowest BCUT2D eigenvalue weighted by Crippen LogP contribution is -2.16. The van der Waals surface area contributed by atoms with Crippen LogP contribution in [0.25, 0.3) is 22.1 Å². The Labute approximate surface area is 228 Å². The number of hydrogen-bond donors (Lipinski definition) is 4. The number of anilines is 3. The van der Waals surface area contributed by atoms with Crippen molar-refractivity contribution in [1.29, 1.82) is 5.26 Å². The van der Waals surface area contributed by atoms with E-state index in [4.69, 9.17) is 9.78 Å². The topological polar surface area (TPSA) is 174 Å². The number of benzene rings is 3. The van der Waals surface area contributed by atoms with Gasteiger partial charge in [-0.3, -0.25) is 14.4 Å². The van der Waals surface area contributed by atoms with Gasteiger partial charge in [0.1, 0.15) is 0 Å². The number of nitrogens with one attached hydrogen (secondary N) is 3. The molecule has 0 saturated heterocycles. The number of amides is 3. The van der Waals surface area contributed by atoms with Gasteiger partial charge in [-0.15, -0.1) is 0 Å². The summed E-state index contributed by atoms with van der Waals surface area (Å²) in [5.74, 6) is -3.53. The van der Waals surface area contributed by atoms with Crippen LogP contribution in [0.4, 0.5) is 30.2 Å². The van der Waals surface area contributed by atoms with E-state index in [9.17, 15) is 37.5 Å². The SMILES string of the molecule is CC(=O)Nc1ccc(-c2cc3onc(C(=O)Nc4ccc(C#N)cc4C(=O)O)c3cc2NC(C)=O)c(C(F)(F)F)c1. The van der Waals surface area contributed by atoms with Crippen LogP contribution in [0.1, 0.15) is 45.8 Å². The van der Waals surface area contributed by atoms with Gasteiger partial charge in [0.2, 0.25) is 11.8 Å². The number of carbonyl (C=O) groups is 4. The lowest BCUT2D eigenvalue weighted by molar-refractivity contribution is -0.137. The number of aromatic carboxylic acids is 1. The molecule has 4 aromatic rings. The highest BCUT2D eigenvalue weighted by atomic mass is 19.4. The molecule has 0 aliphatic carbocycles. The molecule has 14 heteroatoms. The van der Waals surface area contributed by atoms with Crippen molar-refractivity contribution >= 4 is 51.7 Å². The van der Waals surface area contributed by atoms with E-state index in [2.05, 4.69) is 21.1 Å². The van der Waals surface area contributed by atoms with Crippen LogP contribution in [0.2, 0.25) is 0 Å². The summed E-state index contributed by atoms with van der Waals surface area (Å²) in [6.07, 6.45) is -4.86. The van der Waals surface area contributed by atoms with Crippen LogP contribution in [-0.2, 0) is 15.8 Å². The van der Waals surface area contributed by atoms with Crippen molar-refractivity contribution in [3.8, 4) is 17.2 Å². The summed E-state index contributed by atoms with van der Waals surface area (Å²) in [7, 11) is 0. The van der Waals surface area contributed by atoms with Crippen molar-refractivity contribution < 1.29 is 42.0 Å². The molecule has 0 fully saturated rings. The molecule has 0 unspecified atom stereocenters. The maximum Gasteiger partial charge on any atom is 0.417 e. The largest absolute Gasteiger partial charge is 0.478 e. The predicted molar refractivity (Wildman–Crippen MR) is 139 cm³/mol. The van der Waals surface area contributed by atoms with Crippen LogP contribution in [0, 0.1) is 11.3 Å². The molecule has 0 atom stereocenters. The standard InChI is InChI=1S/C27H18F3N5O6/c1-12(36)32-15-4-5-16(20(8-15)27(28,29)30)17-10-23-19(9-22(17)33-13(2)37)24(35-41-23)25(38)34-21-6-3-14(11-31)7-18(21)26(39)40/h3-10H,1-2H3,(H,32,36)(H,33,37)(H,34,38)(H,39,40). The molecule has 0 aliphatic heterocycles. The zero-order chi connectivity index (χ0) is 30.1. The van der Waals surface area contributed by atoms with Crippen LogP contribution in [0.3, 0.4) is 0 Å². The molecule has 1 heterocycles. The second-order valence-corrected chi connectivity index (χ2v) is 8.68. The number of halogens is 3. The van der Waals surface area contributed by atoms with Crippen molar-refractivity contribution in [2.24, 2.45) is 0 Å². The number of carboxylic acids is 1. The van der Waals surface area contributed by atoms with Crippen LogP contribution in [0.5, 0.6) is 0 Å². The summed E-state index contributed by atoms with van der Waals surface area (Å²) >= 11 is 0. The van der Waals surface area contributed by atoms with Crippen molar-refractivity contribution in [1.82, 2.24) is 5.16 Å². The molecular formula is C27H18F3N5O6. The normalized spacial score (nSPS) is 11.0. The average Bonchev–Trinajstić information content (AvgIpc) is 3.30. The minimum atomic E-state index is -4.86. The van der Waals surface area contributed by atoms with E-state index in [1.54, 1.807) is 6.07 Å². The van der Waals surface area contributed by atoms with Gasteiger partial charge in [-0.2, -0.15) is 18.4 Å². The molecule has 0 radical (unpaired) electrons. The molecule has 0 saturated carbocycles. The molecule has 0 spiro atoms. The molecule has 4 N–H and O–H groups in total. The molecule has 41 heavy (non-hydrogen) atoms. The molecule has 208 valence electrons. The van der Waals surface area contributed by atoms with Gasteiger partial charge in [0, 0.05) is 30.8 Å². The van der Waals surface area contributed by atoms with E-state index in [1.807, 2.05) is 0 Å². The first-order chi connectivity index (χ1) is 19.3. The maximum absolute atomic E-state index is 14.1. The quantitative estimate of drug-likeness (QED) is 0.245. The van der Waals surface area contributed by atoms with Crippen LogP contribution >= 0.6 is 0 Å². The molecule has 4 rings (SSSR count). The van der Waals surface area contributed by atoms with E-state index in [0.717, 1.165) is 38.1 Å². The number of nitriles is 1. The highest BCUT2D eigenvalue weighted by molar-refractivity contribution is 6.14. The van der Waals surface area contributed by atoms with E-state index < -0.39 is 35.4 Å². The fourth-order valence-corrected chi connectivity index (χ4v) is 4.04. The van der Waals surface area contributed by atoms with Crippen LogP contribution in [0.15, 0.2) is 53.1 Å². The van der Waals surface area contributed by atoms with Crippen molar-refractivity contribution in [2.75, 3.05) is 16.0 Å².